The van der Waals surface area contributed by atoms with Crippen molar-refractivity contribution in [3.63, 3.8) is 0 Å². The number of aromatic nitrogens is 1. The second-order valence-electron chi connectivity index (χ2n) is 5.80. The predicted molar refractivity (Wildman–Crippen MR) is 107 cm³/mol. The standard InChI is InChI=1S/C19H20Cl2N2S/c1-13-17(8-9-22-21)18-11-16(24-2)6-7-19(18)23(13)12-14-4-3-5-15(20)10-14/h3-7,10-11,22H,8-9,12H2,1-2H3. The maximum absolute atomic E-state index is 6.15. The molecule has 0 saturated carbocycles. The molecule has 5 heteroatoms. The van der Waals surface area contributed by atoms with Crippen molar-refractivity contribution in [3.05, 3.63) is 64.3 Å². The smallest absolute Gasteiger partial charge is 0.0489 e. The zero-order valence-corrected chi connectivity index (χ0v) is 16.1. The van der Waals surface area contributed by atoms with E-state index < -0.39 is 0 Å². The van der Waals surface area contributed by atoms with Crippen LogP contribution < -0.4 is 4.84 Å². The van der Waals surface area contributed by atoms with Gasteiger partial charge in [0.05, 0.1) is 0 Å². The molecule has 126 valence electrons. The number of halogens is 2. The van der Waals surface area contributed by atoms with Crippen molar-refractivity contribution in [2.75, 3.05) is 12.8 Å². The van der Waals surface area contributed by atoms with Crippen molar-refractivity contribution in [2.45, 2.75) is 24.8 Å². The molecule has 2 aromatic carbocycles. The summed E-state index contributed by atoms with van der Waals surface area (Å²) in [6.07, 6.45) is 3.02. The minimum Gasteiger partial charge on any atom is -0.340 e. The third-order valence-electron chi connectivity index (χ3n) is 4.36. The Hall–Kier alpha value is -1.13. The summed E-state index contributed by atoms with van der Waals surface area (Å²) in [7, 11) is 0. The molecule has 0 atom stereocenters. The van der Waals surface area contributed by atoms with Crippen LogP contribution in [0.25, 0.3) is 10.9 Å². The third-order valence-corrected chi connectivity index (χ3v) is 5.51. The van der Waals surface area contributed by atoms with Crippen LogP contribution in [0.3, 0.4) is 0 Å². The minimum absolute atomic E-state index is 0.752. The predicted octanol–water partition coefficient (Wildman–Crippen LogP) is 5.66. The lowest BCUT2D eigenvalue weighted by Gasteiger charge is -2.10. The van der Waals surface area contributed by atoms with Gasteiger partial charge < -0.3 is 4.57 Å². The van der Waals surface area contributed by atoms with Crippen molar-refractivity contribution < 1.29 is 0 Å². The summed E-state index contributed by atoms with van der Waals surface area (Å²) in [5, 5.41) is 2.09. The molecule has 0 aliphatic rings. The van der Waals surface area contributed by atoms with Crippen LogP contribution in [0.2, 0.25) is 5.02 Å². The summed E-state index contributed by atoms with van der Waals surface area (Å²) in [5.74, 6) is 0. The van der Waals surface area contributed by atoms with Gasteiger partial charge in [-0.1, -0.05) is 23.7 Å². The maximum atomic E-state index is 6.15. The van der Waals surface area contributed by atoms with Crippen molar-refractivity contribution in [1.29, 1.82) is 0 Å². The highest BCUT2D eigenvalue weighted by Gasteiger charge is 2.14. The molecule has 0 saturated heterocycles. The Kier molecular flexibility index (Phi) is 5.77. The highest BCUT2D eigenvalue weighted by molar-refractivity contribution is 7.98. The van der Waals surface area contributed by atoms with Crippen LogP contribution in [-0.4, -0.2) is 17.4 Å². The Morgan fingerprint density at radius 2 is 2.00 bits per heavy atom. The number of thioether (sulfide) groups is 1. The maximum Gasteiger partial charge on any atom is 0.0489 e. The number of fused-ring (bicyclic) bond motifs is 1. The molecule has 2 nitrogen and oxygen atoms in total. The van der Waals surface area contributed by atoms with Gasteiger partial charge in [-0.25, -0.2) is 4.84 Å². The lowest BCUT2D eigenvalue weighted by Crippen LogP contribution is -2.06. The van der Waals surface area contributed by atoms with Gasteiger partial charge in [0.25, 0.3) is 0 Å². The first kappa shape index (κ1) is 17.7. The fourth-order valence-corrected chi connectivity index (χ4v) is 3.91. The van der Waals surface area contributed by atoms with E-state index in [-0.39, 0.29) is 0 Å². The highest BCUT2D eigenvalue weighted by atomic mass is 35.5. The van der Waals surface area contributed by atoms with Gasteiger partial charge in [-0.05, 0) is 72.8 Å². The molecule has 0 unspecified atom stereocenters. The number of hydrogen-bond donors (Lipinski definition) is 1. The van der Waals surface area contributed by atoms with Crippen LogP contribution in [0.4, 0.5) is 0 Å². The van der Waals surface area contributed by atoms with E-state index in [0.29, 0.717) is 0 Å². The molecular weight excluding hydrogens is 359 g/mol. The second kappa shape index (κ2) is 7.83. The van der Waals surface area contributed by atoms with Gasteiger partial charge in [-0.3, -0.25) is 0 Å². The van der Waals surface area contributed by atoms with Crippen molar-refractivity contribution >= 4 is 46.0 Å². The Balaban J connectivity index is 2.10. The van der Waals surface area contributed by atoms with Gasteiger partial charge in [0.15, 0.2) is 0 Å². The number of hydrogen-bond acceptors (Lipinski definition) is 2. The van der Waals surface area contributed by atoms with Gasteiger partial charge in [0, 0.05) is 39.6 Å². The quantitative estimate of drug-likeness (QED) is 0.440. The molecule has 0 fully saturated rings. The summed E-state index contributed by atoms with van der Waals surface area (Å²) in [6, 6.07) is 14.7. The van der Waals surface area contributed by atoms with Gasteiger partial charge in [0.1, 0.15) is 0 Å². The van der Waals surface area contributed by atoms with Crippen molar-refractivity contribution in [2.24, 2.45) is 0 Å². The molecule has 24 heavy (non-hydrogen) atoms. The second-order valence-corrected chi connectivity index (χ2v) is 7.38. The Morgan fingerprint density at radius 3 is 2.71 bits per heavy atom. The third kappa shape index (κ3) is 3.60. The van der Waals surface area contributed by atoms with Crippen LogP contribution in [0.5, 0.6) is 0 Å². The monoisotopic (exact) mass is 378 g/mol. The van der Waals surface area contributed by atoms with Crippen LogP contribution in [0.1, 0.15) is 16.8 Å². The lowest BCUT2D eigenvalue weighted by atomic mass is 10.1. The van der Waals surface area contributed by atoms with E-state index in [4.69, 9.17) is 23.4 Å². The first-order valence-electron chi connectivity index (χ1n) is 7.87. The molecule has 3 rings (SSSR count). The van der Waals surface area contributed by atoms with Gasteiger partial charge >= 0.3 is 0 Å². The van der Waals surface area contributed by atoms with Gasteiger partial charge in [0.2, 0.25) is 0 Å². The summed E-state index contributed by atoms with van der Waals surface area (Å²) >= 11 is 13.6. The summed E-state index contributed by atoms with van der Waals surface area (Å²) in [5.41, 5.74) is 5.11. The zero-order valence-electron chi connectivity index (χ0n) is 13.8. The first-order chi connectivity index (χ1) is 11.6. The molecule has 0 radical (unpaired) electrons. The Labute approximate surface area is 157 Å². The van der Waals surface area contributed by atoms with Gasteiger partial charge in [-0.15, -0.1) is 11.8 Å². The van der Waals surface area contributed by atoms with Crippen LogP contribution in [0.15, 0.2) is 47.4 Å². The number of benzene rings is 2. The largest absolute Gasteiger partial charge is 0.340 e. The molecule has 1 aromatic heterocycles. The molecule has 3 aromatic rings. The molecule has 1 N–H and O–H groups in total. The van der Waals surface area contributed by atoms with Crippen LogP contribution in [0, 0.1) is 6.92 Å². The average Bonchev–Trinajstić information content (AvgIpc) is 2.84. The van der Waals surface area contributed by atoms with Crippen LogP contribution >= 0.6 is 35.1 Å². The summed E-state index contributed by atoms with van der Waals surface area (Å²) in [6.45, 7) is 3.75. The van der Waals surface area contributed by atoms with Gasteiger partial charge in [-0.2, -0.15) is 0 Å². The summed E-state index contributed by atoms with van der Waals surface area (Å²) in [4.78, 5) is 4.02. The Bertz CT molecular complexity index is 858. The SMILES string of the molecule is CSc1ccc2c(c1)c(CCNCl)c(C)n2Cc1cccc(Cl)c1. The topological polar surface area (TPSA) is 17.0 Å². The molecule has 0 bridgehead atoms. The summed E-state index contributed by atoms with van der Waals surface area (Å²) < 4.78 is 2.37. The van der Waals surface area contributed by atoms with Crippen molar-refractivity contribution in [1.82, 2.24) is 9.40 Å². The van der Waals surface area contributed by atoms with E-state index in [2.05, 4.69) is 46.8 Å². The van der Waals surface area contributed by atoms with Crippen molar-refractivity contribution in [3.8, 4) is 0 Å². The normalized spacial score (nSPS) is 11.3. The van der Waals surface area contributed by atoms with E-state index in [1.807, 2.05) is 18.2 Å². The highest BCUT2D eigenvalue weighted by Crippen LogP contribution is 2.31. The van der Waals surface area contributed by atoms with E-state index in [1.54, 1.807) is 11.8 Å². The molecule has 1 heterocycles. The molecule has 0 spiro atoms. The fourth-order valence-electron chi connectivity index (χ4n) is 3.17. The molecule has 0 amide bonds. The first-order valence-corrected chi connectivity index (χ1v) is 9.85. The van der Waals surface area contributed by atoms with E-state index in [0.717, 1.165) is 24.5 Å². The Morgan fingerprint density at radius 1 is 1.17 bits per heavy atom. The molecule has 0 aliphatic carbocycles. The number of rotatable bonds is 6. The van der Waals surface area contributed by atoms with E-state index in [1.165, 1.54) is 32.6 Å². The van der Waals surface area contributed by atoms with Crippen LogP contribution in [-0.2, 0) is 13.0 Å². The average molecular weight is 379 g/mol. The molecule has 0 aliphatic heterocycles. The lowest BCUT2D eigenvalue weighted by molar-refractivity contribution is 0.788. The van der Waals surface area contributed by atoms with E-state index >= 15 is 0 Å². The fraction of sp³-hybridized carbons (Fsp3) is 0.263. The molecular formula is C19H20Cl2N2S. The van der Waals surface area contributed by atoms with E-state index in [9.17, 15) is 0 Å². The number of nitrogens with zero attached hydrogens (tertiary/aromatic N) is 1. The number of nitrogens with one attached hydrogen (secondary N) is 1. The zero-order chi connectivity index (χ0) is 17.1. The minimum atomic E-state index is 0.752.